The highest BCUT2D eigenvalue weighted by Gasteiger charge is 2.35. The van der Waals surface area contributed by atoms with Crippen LogP contribution in [0.2, 0.25) is 0 Å². The van der Waals surface area contributed by atoms with E-state index in [2.05, 4.69) is 4.98 Å². The lowest BCUT2D eigenvalue weighted by molar-refractivity contribution is -0.00461. The Morgan fingerprint density at radius 1 is 1.28 bits per heavy atom. The number of methoxy groups -OCH3 is 2. The smallest absolute Gasteiger partial charge is 0.270 e. The summed E-state index contributed by atoms with van der Waals surface area (Å²) in [6, 6.07) is 4.52. The van der Waals surface area contributed by atoms with Crippen LogP contribution in [0.25, 0.3) is 0 Å². The molecule has 0 bridgehead atoms. The third-order valence-electron chi connectivity index (χ3n) is 3.11. The third kappa shape index (κ3) is 2.44. The predicted molar refractivity (Wildman–Crippen MR) is 64.6 cm³/mol. The molecular weight excluding hydrogens is 236 g/mol. The minimum atomic E-state index is -0.286. The van der Waals surface area contributed by atoms with Crippen LogP contribution in [0.15, 0.2) is 23.0 Å². The maximum absolute atomic E-state index is 12.2. The van der Waals surface area contributed by atoms with Crippen LogP contribution in [0.1, 0.15) is 10.5 Å². The van der Waals surface area contributed by atoms with E-state index >= 15 is 0 Å². The summed E-state index contributed by atoms with van der Waals surface area (Å²) in [6.45, 7) is 0.926. The minimum absolute atomic E-state index is 0.130. The van der Waals surface area contributed by atoms with E-state index in [4.69, 9.17) is 9.47 Å². The lowest BCUT2D eigenvalue weighted by Gasteiger charge is -2.15. The summed E-state index contributed by atoms with van der Waals surface area (Å²) in [5.41, 5.74) is 0.000682. The van der Waals surface area contributed by atoms with Crippen LogP contribution in [-0.2, 0) is 9.47 Å². The van der Waals surface area contributed by atoms with Gasteiger partial charge in [-0.3, -0.25) is 9.59 Å². The van der Waals surface area contributed by atoms with Crippen LogP contribution in [0.4, 0.5) is 0 Å². The number of ether oxygens (including phenoxy) is 2. The molecule has 1 amide bonds. The van der Waals surface area contributed by atoms with Crippen molar-refractivity contribution in [3.05, 3.63) is 34.2 Å². The SMILES string of the molecule is COC1CN(C(=O)c2cccc(=O)[nH]2)CC1OC. The molecule has 2 atom stereocenters. The maximum Gasteiger partial charge on any atom is 0.270 e. The molecule has 1 fully saturated rings. The number of likely N-dealkylation sites (tertiary alicyclic amines) is 1. The Bertz CT molecular complexity index is 473. The van der Waals surface area contributed by atoms with E-state index in [-0.39, 0.29) is 29.4 Å². The largest absolute Gasteiger partial charge is 0.377 e. The van der Waals surface area contributed by atoms with E-state index in [0.29, 0.717) is 13.1 Å². The molecular formula is C12H16N2O4. The molecule has 1 aliphatic rings. The molecule has 1 saturated heterocycles. The van der Waals surface area contributed by atoms with Crippen molar-refractivity contribution >= 4 is 5.91 Å². The van der Waals surface area contributed by atoms with E-state index in [1.54, 1.807) is 31.3 Å². The molecule has 0 aromatic carbocycles. The first-order chi connectivity index (χ1) is 8.65. The Morgan fingerprint density at radius 2 is 1.89 bits per heavy atom. The summed E-state index contributed by atoms with van der Waals surface area (Å²) < 4.78 is 10.5. The van der Waals surface area contributed by atoms with Gasteiger partial charge in [-0.1, -0.05) is 6.07 Å². The summed E-state index contributed by atoms with van der Waals surface area (Å²) in [4.78, 5) is 27.5. The highest BCUT2D eigenvalue weighted by Crippen LogP contribution is 2.17. The van der Waals surface area contributed by atoms with Crippen LogP contribution in [0, 0.1) is 0 Å². The van der Waals surface area contributed by atoms with E-state index in [9.17, 15) is 9.59 Å². The molecule has 2 unspecified atom stereocenters. The molecule has 1 aromatic heterocycles. The average Bonchev–Trinajstić information content (AvgIpc) is 2.81. The van der Waals surface area contributed by atoms with Crippen LogP contribution < -0.4 is 5.56 Å². The lowest BCUT2D eigenvalue weighted by atomic mass is 10.3. The number of carbonyl (C=O) groups is 1. The number of carbonyl (C=O) groups excluding carboxylic acids is 1. The van der Waals surface area contributed by atoms with Gasteiger partial charge < -0.3 is 19.4 Å². The van der Waals surface area contributed by atoms with Gasteiger partial charge in [-0.15, -0.1) is 0 Å². The summed E-state index contributed by atoms with van der Waals surface area (Å²) in [6.07, 6.45) is -0.260. The van der Waals surface area contributed by atoms with Crippen LogP contribution in [-0.4, -0.2) is 55.3 Å². The summed E-state index contributed by atoms with van der Waals surface area (Å²) in [5.74, 6) is -0.214. The van der Waals surface area contributed by atoms with E-state index in [1.807, 2.05) is 0 Å². The number of nitrogens with one attached hydrogen (secondary N) is 1. The van der Waals surface area contributed by atoms with Gasteiger partial charge in [0.2, 0.25) is 5.56 Å². The van der Waals surface area contributed by atoms with Gasteiger partial charge in [0.25, 0.3) is 5.91 Å². The van der Waals surface area contributed by atoms with Gasteiger partial charge in [0.1, 0.15) is 17.9 Å². The second kappa shape index (κ2) is 5.32. The first-order valence-electron chi connectivity index (χ1n) is 5.70. The number of rotatable bonds is 3. The fraction of sp³-hybridized carbons (Fsp3) is 0.500. The molecule has 18 heavy (non-hydrogen) atoms. The van der Waals surface area contributed by atoms with Crippen molar-refractivity contribution in [1.29, 1.82) is 0 Å². The number of aromatic amines is 1. The van der Waals surface area contributed by atoms with Crippen LogP contribution in [0.3, 0.4) is 0 Å². The quantitative estimate of drug-likeness (QED) is 0.812. The maximum atomic E-state index is 12.2. The predicted octanol–water partition coefficient (Wildman–Crippen LogP) is -0.139. The van der Waals surface area contributed by atoms with Crippen molar-refractivity contribution in [2.75, 3.05) is 27.3 Å². The molecule has 0 aliphatic carbocycles. The topological polar surface area (TPSA) is 71.6 Å². The molecule has 1 N–H and O–H groups in total. The molecule has 0 radical (unpaired) electrons. The van der Waals surface area contributed by atoms with Gasteiger partial charge >= 0.3 is 0 Å². The summed E-state index contributed by atoms with van der Waals surface area (Å²) in [5, 5.41) is 0. The van der Waals surface area contributed by atoms with Crippen molar-refractivity contribution in [3.8, 4) is 0 Å². The van der Waals surface area contributed by atoms with Crippen molar-refractivity contribution in [2.45, 2.75) is 12.2 Å². The Morgan fingerprint density at radius 3 is 2.39 bits per heavy atom. The second-order valence-corrected chi connectivity index (χ2v) is 4.19. The van der Waals surface area contributed by atoms with E-state index < -0.39 is 0 Å². The van der Waals surface area contributed by atoms with Gasteiger partial charge in [0.05, 0.1) is 0 Å². The van der Waals surface area contributed by atoms with Gasteiger partial charge in [-0.05, 0) is 6.07 Å². The summed E-state index contributed by atoms with van der Waals surface area (Å²) >= 11 is 0. The van der Waals surface area contributed by atoms with Gasteiger partial charge in [-0.25, -0.2) is 0 Å². The Labute approximate surface area is 105 Å². The second-order valence-electron chi connectivity index (χ2n) is 4.19. The van der Waals surface area contributed by atoms with Crippen molar-refractivity contribution < 1.29 is 14.3 Å². The van der Waals surface area contributed by atoms with Crippen molar-refractivity contribution in [3.63, 3.8) is 0 Å². The first-order valence-corrected chi connectivity index (χ1v) is 5.70. The fourth-order valence-corrected chi connectivity index (χ4v) is 2.11. The lowest BCUT2D eigenvalue weighted by Crippen LogP contribution is -2.31. The number of amides is 1. The molecule has 6 heteroatoms. The monoisotopic (exact) mass is 252 g/mol. The third-order valence-corrected chi connectivity index (χ3v) is 3.11. The highest BCUT2D eigenvalue weighted by atomic mass is 16.5. The van der Waals surface area contributed by atoms with E-state index in [1.165, 1.54) is 6.07 Å². The van der Waals surface area contributed by atoms with E-state index in [0.717, 1.165) is 0 Å². The molecule has 2 heterocycles. The number of H-pyrrole nitrogens is 1. The molecule has 0 spiro atoms. The fourth-order valence-electron chi connectivity index (χ4n) is 2.11. The van der Waals surface area contributed by atoms with Crippen LogP contribution in [0.5, 0.6) is 0 Å². The number of nitrogens with zero attached hydrogens (tertiary/aromatic N) is 1. The van der Waals surface area contributed by atoms with Gasteiger partial charge in [-0.2, -0.15) is 0 Å². The van der Waals surface area contributed by atoms with Gasteiger partial charge in [0.15, 0.2) is 0 Å². The minimum Gasteiger partial charge on any atom is -0.377 e. The van der Waals surface area contributed by atoms with Crippen molar-refractivity contribution in [2.24, 2.45) is 0 Å². The van der Waals surface area contributed by atoms with Gasteiger partial charge in [0, 0.05) is 33.4 Å². The zero-order valence-corrected chi connectivity index (χ0v) is 10.4. The zero-order valence-electron chi connectivity index (χ0n) is 10.4. The first kappa shape index (κ1) is 12.8. The standard InChI is InChI=1S/C12H16N2O4/c1-17-9-6-14(7-10(9)18-2)12(16)8-4-3-5-11(15)13-8/h3-5,9-10H,6-7H2,1-2H3,(H,13,15). The number of hydrogen-bond donors (Lipinski definition) is 1. The Kier molecular flexibility index (Phi) is 3.78. The normalized spacial score (nSPS) is 23.3. The Balaban J connectivity index is 2.14. The van der Waals surface area contributed by atoms with Crippen molar-refractivity contribution in [1.82, 2.24) is 9.88 Å². The summed E-state index contributed by atoms with van der Waals surface area (Å²) in [7, 11) is 3.18. The Hall–Kier alpha value is -1.66. The molecule has 0 saturated carbocycles. The zero-order chi connectivity index (χ0) is 13.1. The number of hydrogen-bond acceptors (Lipinski definition) is 4. The number of pyridine rings is 1. The molecule has 6 nitrogen and oxygen atoms in total. The highest BCUT2D eigenvalue weighted by molar-refractivity contribution is 5.92. The molecule has 98 valence electrons. The number of aromatic nitrogens is 1. The molecule has 2 rings (SSSR count). The van der Waals surface area contributed by atoms with Crippen LogP contribution >= 0.6 is 0 Å². The average molecular weight is 252 g/mol. The molecule has 1 aliphatic heterocycles. The molecule has 1 aromatic rings.